The van der Waals surface area contributed by atoms with Gasteiger partial charge in [-0.15, -0.1) is 11.3 Å². The van der Waals surface area contributed by atoms with Crippen molar-refractivity contribution in [3.8, 4) is 0 Å². The van der Waals surface area contributed by atoms with Gasteiger partial charge in [0, 0.05) is 0 Å². The second-order valence-corrected chi connectivity index (χ2v) is 7.97. The predicted molar refractivity (Wildman–Crippen MR) is 86.3 cm³/mol. The fraction of sp³-hybridized carbons (Fsp3) is 0.286. The quantitative estimate of drug-likeness (QED) is 0.690. The fourth-order valence-corrected chi connectivity index (χ4v) is 4.80. The van der Waals surface area contributed by atoms with E-state index in [9.17, 15) is 4.39 Å². The minimum atomic E-state index is -0.205. The molecule has 1 N–H and O–H groups in total. The molecule has 1 aromatic heterocycles. The van der Waals surface area contributed by atoms with Crippen LogP contribution in [0.5, 0.6) is 0 Å². The summed E-state index contributed by atoms with van der Waals surface area (Å²) in [6.45, 7) is 3.05. The summed E-state index contributed by atoms with van der Waals surface area (Å²) in [5.41, 5.74) is 2.25. The molecule has 0 bridgehead atoms. The molecule has 0 saturated carbocycles. The van der Waals surface area contributed by atoms with Crippen molar-refractivity contribution in [2.24, 2.45) is 0 Å². The lowest BCUT2D eigenvalue weighted by atomic mass is 10.0. The average Bonchev–Trinajstić information content (AvgIpc) is 2.71. The summed E-state index contributed by atoms with van der Waals surface area (Å²) in [5.74, 6) is -0.205. The highest BCUT2D eigenvalue weighted by molar-refractivity contribution is 9.12. The Morgan fingerprint density at radius 1 is 1.26 bits per heavy atom. The van der Waals surface area contributed by atoms with Crippen LogP contribution in [0.15, 0.2) is 37.9 Å². The van der Waals surface area contributed by atoms with Gasteiger partial charge in [0.05, 0.1) is 13.6 Å². The zero-order valence-corrected chi connectivity index (χ0v) is 14.4. The maximum absolute atomic E-state index is 13.1. The second-order valence-electron chi connectivity index (χ2n) is 4.22. The van der Waals surface area contributed by atoms with E-state index in [1.54, 1.807) is 11.3 Å². The Hall–Kier alpha value is -0.230. The molecule has 1 nitrogen and oxygen atoms in total. The van der Waals surface area contributed by atoms with Crippen molar-refractivity contribution in [1.82, 2.24) is 5.32 Å². The molecule has 5 heteroatoms. The third kappa shape index (κ3) is 3.88. The minimum Gasteiger partial charge on any atom is -0.306 e. The number of hydrogen-bond acceptors (Lipinski definition) is 2. The van der Waals surface area contributed by atoms with Gasteiger partial charge in [-0.1, -0.05) is 19.1 Å². The van der Waals surface area contributed by atoms with Crippen LogP contribution in [-0.4, -0.2) is 6.54 Å². The average molecular weight is 407 g/mol. The Kier molecular flexibility index (Phi) is 5.57. The Balaban J connectivity index is 2.35. The summed E-state index contributed by atoms with van der Waals surface area (Å²) in [7, 11) is 0. The van der Waals surface area contributed by atoms with Crippen LogP contribution >= 0.6 is 43.2 Å². The van der Waals surface area contributed by atoms with Gasteiger partial charge in [-0.25, -0.2) is 4.39 Å². The molecule has 2 rings (SSSR count). The molecule has 19 heavy (non-hydrogen) atoms. The Labute approximate surface area is 133 Å². The SMILES string of the molecule is CCCNC(c1ccc(F)cc1)c1cc(Br)sc1Br. The molecular formula is C14H14Br2FNS. The van der Waals surface area contributed by atoms with Gasteiger partial charge in [-0.3, -0.25) is 0 Å². The summed E-state index contributed by atoms with van der Waals surface area (Å²) in [5, 5.41) is 3.51. The van der Waals surface area contributed by atoms with E-state index in [2.05, 4.69) is 50.2 Å². The zero-order valence-electron chi connectivity index (χ0n) is 10.4. The topological polar surface area (TPSA) is 12.0 Å². The highest BCUT2D eigenvalue weighted by Gasteiger charge is 2.18. The van der Waals surface area contributed by atoms with Gasteiger partial charge in [0.1, 0.15) is 5.82 Å². The maximum atomic E-state index is 13.1. The highest BCUT2D eigenvalue weighted by atomic mass is 79.9. The zero-order chi connectivity index (χ0) is 13.8. The number of rotatable bonds is 5. The first-order valence-electron chi connectivity index (χ1n) is 6.05. The lowest BCUT2D eigenvalue weighted by Crippen LogP contribution is -2.23. The van der Waals surface area contributed by atoms with Crippen LogP contribution in [0.1, 0.15) is 30.5 Å². The molecule has 0 fully saturated rings. The second kappa shape index (κ2) is 6.97. The number of nitrogens with one attached hydrogen (secondary N) is 1. The van der Waals surface area contributed by atoms with Crippen LogP contribution < -0.4 is 5.32 Å². The molecule has 102 valence electrons. The molecule has 0 aliphatic heterocycles. The van der Waals surface area contributed by atoms with E-state index in [0.29, 0.717) is 0 Å². The van der Waals surface area contributed by atoms with Crippen LogP contribution in [-0.2, 0) is 0 Å². The maximum Gasteiger partial charge on any atom is 0.123 e. The van der Waals surface area contributed by atoms with Crippen LogP contribution in [0.2, 0.25) is 0 Å². The molecule has 1 heterocycles. The monoisotopic (exact) mass is 405 g/mol. The van der Waals surface area contributed by atoms with Crippen molar-refractivity contribution in [1.29, 1.82) is 0 Å². The summed E-state index contributed by atoms with van der Waals surface area (Å²) < 4.78 is 15.2. The minimum absolute atomic E-state index is 0.0810. The number of thiophene rings is 1. The predicted octanol–water partition coefficient (Wildman–Crippen LogP) is 5.50. The van der Waals surface area contributed by atoms with Crippen LogP contribution in [0, 0.1) is 5.82 Å². The molecule has 2 aromatic rings. The number of hydrogen-bond donors (Lipinski definition) is 1. The molecule has 0 saturated heterocycles. The normalized spacial score (nSPS) is 12.6. The smallest absolute Gasteiger partial charge is 0.123 e. The van der Waals surface area contributed by atoms with Gasteiger partial charge < -0.3 is 5.32 Å². The van der Waals surface area contributed by atoms with Crippen molar-refractivity contribution >= 4 is 43.2 Å². The number of benzene rings is 1. The van der Waals surface area contributed by atoms with Crippen molar-refractivity contribution in [3.05, 3.63) is 54.8 Å². The van der Waals surface area contributed by atoms with Gasteiger partial charge >= 0.3 is 0 Å². The van der Waals surface area contributed by atoms with Gasteiger partial charge in [0.15, 0.2) is 0 Å². The standard InChI is InChI=1S/C14H14Br2FNS/c1-2-7-18-13(9-3-5-10(17)6-4-9)11-8-12(15)19-14(11)16/h3-6,8,13,18H,2,7H2,1H3. The third-order valence-corrected chi connectivity index (χ3v) is 5.18. The van der Waals surface area contributed by atoms with E-state index in [4.69, 9.17) is 0 Å². The lowest BCUT2D eigenvalue weighted by Gasteiger charge is -2.19. The molecule has 0 amide bonds. The van der Waals surface area contributed by atoms with E-state index in [-0.39, 0.29) is 11.9 Å². The van der Waals surface area contributed by atoms with Crippen molar-refractivity contribution in [3.63, 3.8) is 0 Å². The molecule has 0 aliphatic rings. The molecular weight excluding hydrogens is 393 g/mol. The summed E-state index contributed by atoms with van der Waals surface area (Å²) in [4.78, 5) is 0. The molecule has 1 unspecified atom stereocenters. The summed E-state index contributed by atoms with van der Waals surface area (Å²) in [6, 6.07) is 8.86. The molecule has 0 radical (unpaired) electrons. The van der Waals surface area contributed by atoms with E-state index < -0.39 is 0 Å². The highest BCUT2D eigenvalue weighted by Crippen LogP contribution is 2.37. The van der Waals surface area contributed by atoms with Crippen molar-refractivity contribution in [2.45, 2.75) is 19.4 Å². The third-order valence-electron chi connectivity index (χ3n) is 2.80. The van der Waals surface area contributed by atoms with Gasteiger partial charge in [0.25, 0.3) is 0 Å². The van der Waals surface area contributed by atoms with E-state index in [1.807, 2.05) is 12.1 Å². The van der Waals surface area contributed by atoms with Crippen LogP contribution in [0.3, 0.4) is 0 Å². The van der Waals surface area contributed by atoms with Gasteiger partial charge in [0.2, 0.25) is 0 Å². The first-order valence-corrected chi connectivity index (χ1v) is 8.45. The van der Waals surface area contributed by atoms with Gasteiger partial charge in [-0.05, 0) is 74.2 Å². The van der Waals surface area contributed by atoms with E-state index >= 15 is 0 Å². The fourth-order valence-electron chi connectivity index (χ4n) is 1.90. The van der Waals surface area contributed by atoms with E-state index in [0.717, 1.165) is 26.1 Å². The summed E-state index contributed by atoms with van der Waals surface area (Å²) >= 11 is 8.75. The van der Waals surface area contributed by atoms with E-state index in [1.165, 1.54) is 17.7 Å². The van der Waals surface area contributed by atoms with Crippen molar-refractivity contribution in [2.75, 3.05) is 6.54 Å². The molecule has 1 aromatic carbocycles. The van der Waals surface area contributed by atoms with Crippen molar-refractivity contribution < 1.29 is 4.39 Å². The Bertz CT molecular complexity index is 539. The van der Waals surface area contributed by atoms with Crippen LogP contribution in [0.4, 0.5) is 4.39 Å². The lowest BCUT2D eigenvalue weighted by molar-refractivity contribution is 0.593. The largest absolute Gasteiger partial charge is 0.306 e. The van der Waals surface area contributed by atoms with Crippen LogP contribution in [0.25, 0.3) is 0 Å². The summed E-state index contributed by atoms with van der Waals surface area (Å²) in [6.07, 6.45) is 1.06. The van der Waals surface area contributed by atoms with Gasteiger partial charge in [-0.2, -0.15) is 0 Å². The first kappa shape index (κ1) is 15.2. The Morgan fingerprint density at radius 3 is 2.47 bits per heavy atom. The molecule has 0 aliphatic carbocycles. The molecule has 0 spiro atoms. The Morgan fingerprint density at radius 2 is 1.95 bits per heavy atom. The number of halogens is 3. The molecule has 1 atom stereocenters. The first-order chi connectivity index (χ1) is 9.11.